The molecule has 0 unspecified atom stereocenters. The number of nitrogens with one attached hydrogen (secondary N) is 2. The van der Waals surface area contributed by atoms with E-state index in [4.69, 9.17) is 19.6 Å². The molecular formula is C20H32N2O6. The maximum absolute atomic E-state index is 12.1. The minimum absolute atomic E-state index is 0.00652. The molecule has 0 heterocycles. The summed E-state index contributed by atoms with van der Waals surface area (Å²) in [5.74, 6) is -2.13. The Kier molecular flexibility index (Phi) is 8.56. The molecule has 0 aromatic heterocycles. The standard InChI is InChI=1S/C20H32N2O6/c1-18(2,3)25-27-20(7,28-26-19(4,5)6)14-13-16(23)21-22-17(24)15-11-9-8-10-12-15/h8-12H,13-14H2,1-7H3,(H,21,23)(H,22,24). The molecule has 8 heteroatoms. The van der Waals surface area contributed by atoms with E-state index in [2.05, 4.69) is 10.9 Å². The Bertz CT molecular complexity index is 616. The molecule has 2 amide bonds. The summed E-state index contributed by atoms with van der Waals surface area (Å²) in [5, 5.41) is 0. The van der Waals surface area contributed by atoms with Gasteiger partial charge in [0.2, 0.25) is 11.7 Å². The van der Waals surface area contributed by atoms with Crippen LogP contribution in [0.5, 0.6) is 0 Å². The van der Waals surface area contributed by atoms with Crippen LogP contribution in [0.25, 0.3) is 0 Å². The highest BCUT2D eigenvalue weighted by atomic mass is 17.3. The van der Waals surface area contributed by atoms with E-state index >= 15 is 0 Å². The lowest BCUT2D eigenvalue weighted by atomic mass is 10.1. The highest BCUT2D eigenvalue weighted by Gasteiger charge is 2.34. The summed E-state index contributed by atoms with van der Waals surface area (Å²) < 4.78 is 0. The molecule has 158 valence electrons. The molecule has 28 heavy (non-hydrogen) atoms. The summed E-state index contributed by atoms with van der Waals surface area (Å²) >= 11 is 0. The Morgan fingerprint density at radius 1 is 0.786 bits per heavy atom. The topological polar surface area (TPSA) is 95.1 Å². The van der Waals surface area contributed by atoms with Gasteiger partial charge in [-0.3, -0.25) is 20.4 Å². The van der Waals surface area contributed by atoms with E-state index < -0.39 is 28.8 Å². The SMILES string of the molecule is CC(C)(C)OOC(C)(CCC(=O)NNC(=O)c1ccccc1)OOC(C)(C)C. The molecule has 0 saturated carbocycles. The maximum atomic E-state index is 12.1. The van der Waals surface area contributed by atoms with Crippen LogP contribution in [-0.2, 0) is 24.3 Å². The van der Waals surface area contributed by atoms with Crippen molar-refractivity contribution in [1.82, 2.24) is 10.9 Å². The highest BCUT2D eigenvalue weighted by Crippen LogP contribution is 2.25. The minimum Gasteiger partial charge on any atom is -0.273 e. The summed E-state index contributed by atoms with van der Waals surface area (Å²) in [6.45, 7) is 12.6. The first kappa shape index (κ1) is 24.0. The molecule has 1 aromatic rings. The molecule has 0 aliphatic rings. The zero-order chi connectivity index (χ0) is 21.4. The van der Waals surface area contributed by atoms with Gasteiger partial charge in [-0.2, -0.15) is 9.78 Å². The molecule has 0 saturated heterocycles. The van der Waals surface area contributed by atoms with Crippen molar-refractivity contribution in [2.75, 3.05) is 0 Å². The van der Waals surface area contributed by atoms with E-state index in [1.165, 1.54) is 0 Å². The lowest BCUT2D eigenvalue weighted by Gasteiger charge is -2.32. The van der Waals surface area contributed by atoms with E-state index in [1.807, 2.05) is 41.5 Å². The molecule has 8 nitrogen and oxygen atoms in total. The number of hydrazine groups is 1. The van der Waals surface area contributed by atoms with Crippen molar-refractivity contribution in [2.24, 2.45) is 0 Å². The first-order valence-corrected chi connectivity index (χ1v) is 9.18. The molecule has 0 spiro atoms. The minimum atomic E-state index is -1.32. The number of benzene rings is 1. The van der Waals surface area contributed by atoms with Crippen LogP contribution in [0.3, 0.4) is 0 Å². The van der Waals surface area contributed by atoms with Crippen molar-refractivity contribution in [3.8, 4) is 0 Å². The zero-order valence-electron chi connectivity index (χ0n) is 17.8. The van der Waals surface area contributed by atoms with E-state index in [0.717, 1.165) is 0 Å². The molecule has 0 bridgehead atoms. The second-order valence-corrected chi connectivity index (χ2v) is 8.56. The fourth-order valence-electron chi connectivity index (χ4n) is 1.71. The van der Waals surface area contributed by atoms with Gasteiger partial charge in [-0.05, 0) is 60.6 Å². The third kappa shape index (κ3) is 10.4. The van der Waals surface area contributed by atoms with Crippen LogP contribution in [-0.4, -0.2) is 28.8 Å². The Labute approximate surface area is 166 Å². The van der Waals surface area contributed by atoms with Crippen LogP contribution in [0, 0.1) is 0 Å². The van der Waals surface area contributed by atoms with Crippen molar-refractivity contribution in [3.63, 3.8) is 0 Å². The van der Waals surface area contributed by atoms with Gasteiger partial charge in [0.15, 0.2) is 0 Å². The number of rotatable bonds is 8. The lowest BCUT2D eigenvalue weighted by molar-refractivity contribution is -0.537. The summed E-state index contributed by atoms with van der Waals surface area (Å²) in [6, 6.07) is 8.57. The largest absolute Gasteiger partial charge is 0.273 e. The predicted molar refractivity (Wildman–Crippen MR) is 104 cm³/mol. The second kappa shape index (κ2) is 9.97. The maximum Gasteiger partial charge on any atom is 0.269 e. The van der Waals surface area contributed by atoms with E-state index in [0.29, 0.717) is 5.56 Å². The highest BCUT2D eigenvalue weighted by molar-refractivity contribution is 5.95. The first-order valence-electron chi connectivity index (χ1n) is 9.18. The Hall–Kier alpha value is -2.00. The zero-order valence-corrected chi connectivity index (χ0v) is 17.8. The number of hydrogen-bond donors (Lipinski definition) is 2. The number of hydrogen-bond acceptors (Lipinski definition) is 6. The Balaban J connectivity index is 2.57. The number of carbonyl (C=O) groups is 2. The summed E-state index contributed by atoms with van der Waals surface area (Å²) in [5.41, 5.74) is 4.03. The van der Waals surface area contributed by atoms with Crippen molar-refractivity contribution >= 4 is 11.8 Å². The van der Waals surface area contributed by atoms with E-state index in [9.17, 15) is 9.59 Å². The number of amides is 2. The third-order valence-corrected chi connectivity index (χ3v) is 3.09. The fraction of sp³-hybridized carbons (Fsp3) is 0.600. The quantitative estimate of drug-likeness (QED) is 0.397. The van der Waals surface area contributed by atoms with Crippen LogP contribution in [0.1, 0.15) is 71.7 Å². The normalized spacial score (nSPS) is 12.5. The molecule has 0 aliphatic carbocycles. The molecule has 0 radical (unpaired) electrons. The van der Waals surface area contributed by atoms with Crippen molar-refractivity contribution < 1.29 is 29.1 Å². The van der Waals surface area contributed by atoms with Crippen molar-refractivity contribution in [2.45, 2.75) is 78.3 Å². The summed E-state index contributed by atoms with van der Waals surface area (Å²) in [4.78, 5) is 45.6. The second-order valence-electron chi connectivity index (χ2n) is 8.56. The molecule has 0 aliphatic heterocycles. The summed E-state index contributed by atoms with van der Waals surface area (Å²) in [7, 11) is 0. The van der Waals surface area contributed by atoms with E-state index in [-0.39, 0.29) is 12.8 Å². The third-order valence-electron chi connectivity index (χ3n) is 3.09. The average Bonchev–Trinajstić information content (AvgIpc) is 2.61. The monoisotopic (exact) mass is 396 g/mol. The van der Waals surface area contributed by atoms with Crippen molar-refractivity contribution in [1.29, 1.82) is 0 Å². The predicted octanol–water partition coefficient (Wildman–Crippen LogP) is 3.44. The van der Waals surface area contributed by atoms with Gasteiger partial charge in [0.25, 0.3) is 5.91 Å². The number of carbonyl (C=O) groups excluding carboxylic acids is 2. The van der Waals surface area contributed by atoms with Gasteiger partial charge in [0.05, 0.1) is 11.2 Å². The van der Waals surface area contributed by atoms with Crippen LogP contribution in [0.15, 0.2) is 30.3 Å². The van der Waals surface area contributed by atoms with Gasteiger partial charge in [-0.1, -0.05) is 18.2 Å². The molecule has 0 atom stereocenters. The summed E-state index contributed by atoms with van der Waals surface area (Å²) in [6.07, 6.45) is 0.138. The first-order chi connectivity index (χ1) is 12.8. The molecule has 2 N–H and O–H groups in total. The van der Waals surface area contributed by atoms with Crippen molar-refractivity contribution in [3.05, 3.63) is 35.9 Å². The Morgan fingerprint density at radius 2 is 1.29 bits per heavy atom. The average molecular weight is 396 g/mol. The Morgan fingerprint density at radius 3 is 1.75 bits per heavy atom. The van der Waals surface area contributed by atoms with Gasteiger partial charge in [0.1, 0.15) is 0 Å². The van der Waals surface area contributed by atoms with Gasteiger partial charge >= 0.3 is 0 Å². The van der Waals surface area contributed by atoms with E-state index in [1.54, 1.807) is 37.3 Å². The van der Waals surface area contributed by atoms with Gasteiger partial charge in [-0.15, -0.1) is 0 Å². The van der Waals surface area contributed by atoms with Crippen LogP contribution < -0.4 is 10.9 Å². The van der Waals surface area contributed by atoms with Gasteiger partial charge in [-0.25, -0.2) is 9.78 Å². The van der Waals surface area contributed by atoms with Gasteiger partial charge < -0.3 is 0 Å². The lowest BCUT2D eigenvalue weighted by Crippen LogP contribution is -2.43. The smallest absolute Gasteiger partial charge is 0.269 e. The molecule has 1 aromatic carbocycles. The molecule has 1 rings (SSSR count). The van der Waals surface area contributed by atoms with Crippen LogP contribution >= 0.6 is 0 Å². The fourth-order valence-corrected chi connectivity index (χ4v) is 1.71. The molecule has 0 fully saturated rings. The molecular weight excluding hydrogens is 364 g/mol. The van der Waals surface area contributed by atoms with Crippen LogP contribution in [0.2, 0.25) is 0 Å². The van der Waals surface area contributed by atoms with Crippen LogP contribution in [0.4, 0.5) is 0 Å². The van der Waals surface area contributed by atoms with Gasteiger partial charge in [0, 0.05) is 18.4 Å².